The SMILES string of the molecule is CCCCCCCC[C@H]1CC[C@H](CCc2ccc(-c3ccc(OCCC)cc3)nc2)CC1. The molecule has 0 saturated heterocycles. The molecule has 1 fully saturated rings. The normalized spacial score (nSPS) is 18.6. The molecule has 0 bridgehead atoms. The van der Waals surface area contributed by atoms with Crippen LogP contribution in [0.4, 0.5) is 0 Å². The zero-order valence-electron chi connectivity index (χ0n) is 20.7. The van der Waals surface area contributed by atoms with Gasteiger partial charge in [-0.25, -0.2) is 0 Å². The van der Waals surface area contributed by atoms with Crippen LogP contribution in [0.2, 0.25) is 0 Å². The number of hydrogen-bond acceptors (Lipinski definition) is 2. The Kier molecular flexibility index (Phi) is 11.1. The molecular weight excluding hydrogens is 390 g/mol. The highest BCUT2D eigenvalue weighted by Gasteiger charge is 2.20. The van der Waals surface area contributed by atoms with Crippen LogP contribution < -0.4 is 4.74 Å². The van der Waals surface area contributed by atoms with E-state index in [1.165, 1.54) is 89.0 Å². The van der Waals surface area contributed by atoms with Gasteiger partial charge in [-0.2, -0.15) is 0 Å². The van der Waals surface area contributed by atoms with Gasteiger partial charge in [0.05, 0.1) is 12.3 Å². The van der Waals surface area contributed by atoms with E-state index in [9.17, 15) is 0 Å². The molecule has 1 aromatic heterocycles. The van der Waals surface area contributed by atoms with Gasteiger partial charge in [0.25, 0.3) is 0 Å². The van der Waals surface area contributed by atoms with Crippen molar-refractivity contribution in [3.05, 3.63) is 48.2 Å². The predicted octanol–water partition coefficient (Wildman–Crippen LogP) is 9.03. The van der Waals surface area contributed by atoms with Crippen LogP contribution >= 0.6 is 0 Å². The molecule has 0 radical (unpaired) electrons. The van der Waals surface area contributed by atoms with E-state index in [-0.39, 0.29) is 0 Å². The van der Waals surface area contributed by atoms with Crippen LogP contribution in [0.15, 0.2) is 42.6 Å². The van der Waals surface area contributed by atoms with Gasteiger partial charge >= 0.3 is 0 Å². The summed E-state index contributed by atoms with van der Waals surface area (Å²) in [6.07, 6.45) is 21.5. The standard InChI is InChI=1S/C30H45NO/c1-3-5-6-7-8-9-10-25-11-13-26(14-12-25)15-16-27-17-22-30(31-24-27)28-18-20-29(21-19-28)32-23-4-2/h17-22,24-26H,3-16,23H2,1-2H3/t25-,26-. The van der Waals surface area contributed by atoms with Gasteiger partial charge in [0.15, 0.2) is 0 Å². The van der Waals surface area contributed by atoms with Crippen LogP contribution in [0.5, 0.6) is 5.75 Å². The summed E-state index contributed by atoms with van der Waals surface area (Å²) >= 11 is 0. The van der Waals surface area contributed by atoms with E-state index in [1.807, 2.05) is 12.1 Å². The first-order chi connectivity index (χ1) is 15.8. The minimum atomic E-state index is 0.771. The van der Waals surface area contributed by atoms with Crippen molar-refractivity contribution >= 4 is 0 Å². The van der Waals surface area contributed by atoms with Crippen molar-refractivity contribution < 1.29 is 4.74 Å². The highest BCUT2D eigenvalue weighted by Crippen LogP contribution is 2.34. The number of unbranched alkanes of at least 4 members (excludes halogenated alkanes) is 5. The summed E-state index contributed by atoms with van der Waals surface area (Å²) in [5.41, 5.74) is 3.58. The third kappa shape index (κ3) is 8.60. The molecule has 3 rings (SSSR count). The largest absolute Gasteiger partial charge is 0.494 e. The Labute approximate surface area is 197 Å². The molecule has 2 nitrogen and oxygen atoms in total. The number of pyridine rings is 1. The number of hydrogen-bond donors (Lipinski definition) is 0. The van der Waals surface area contributed by atoms with E-state index in [0.29, 0.717) is 0 Å². The quantitative estimate of drug-likeness (QED) is 0.276. The molecule has 2 aromatic rings. The molecule has 2 heteroatoms. The van der Waals surface area contributed by atoms with Crippen LogP contribution in [0.1, 0.15) is 103 Å². The van der Waals surface area contributed by atoms with E-state index in [4.69, 9.17) is 9.72 Å². The van der Waals surface area contributed by atoms with Gasteiger partial charge in [-0.1, -0.05) is 90.5 Å². The minimum absolute atomic E-state index is 0.771. The average Bonchev–Trinajstić information content (AvgIpc) is 2.85. The van der Waals surface area contributed by atoms with Gasteiger partial charge in [0.1, 0.15) is 5.75 Å². The lowest BCUT2D eigenvalue weighted by molar-refractivity contribution is 0.248. The molecule has 1 aromatic carbocycles. The fourth-order valence-electron chi connectivity index (χ4n) is 5.08. The number of nitrogens with zero attached hydrogens (tertiary/aromatic N) is 1. The van der Waals surface area contributed by atoms with Crippen molar-refractivity contribution in [1.82, 2.24) is 4.98 Å². The predicted molar refractivity (Wildman–Crippen MR) is 137 cm³/mol. The summed E-state index contributed by atoms with van der Waals surface area (Å²) < 4.78 is 5.68. The zero-order chi connectivity index (χ0) is 22.4. The molecular formula is C30H45NO. The van der Waals surface area contributed by atoms with Crippen LogP contribution in [0.3, 0.4) is 0 Å². The second-order valence-corrected chi connectivity index (χ2v) is 9.91. The molecule has 1 aliphatic carbocycles. The molecule has 0 aliphatic heterocycles. The lowest BCUT2D eigenvalue weighted by Crippen LogP contribution is -2.15. The summed E-state index contributed by atoms with van der Waals surface area (Å²) in [5.74, 6) is 2.87. The third-order valence-corrected chi connectivity index (χ3v) is 7.22. The molecule has 0 spiro atoms. The lowest BCUT2D eigenvalue weighted by atomic mass is 9.78. The fourth-order valence-corrected chi connectivity index (χ4v) is 5.08. The average molecular weight is 436 g/mol. The first kappa shape index (κ1) is 24.8. The van der Waals surface area contributed by atoms with E-state index in [0.717, 1.165) is 41.9 Å². The molecule has 0 unspecified atom stereocenters. The van der Waals surface area contributed by atoms with Crippen LogP contribution in [0, 0.1) is 11.8 Å². The van der Waals surface area contributed by atoms with Gasteiger partial charge in [-0.15, -0.1) is 0 Å². The van der Waals surface area contributed by atoms with E-state index in [1.54, 1.807) is 0 Å². The number of aromatic nitrogens is 1. The second kappa shape index (κ2) is 14.3. The van der Waals surface area contributed by atoms with Crippen molar-refractivity contribution in [1.29, 1.82) is 0 Å². The van der Waals surface area contributed by atoms with Crippen molar-refractivity contribution in [2.45, 2.75) is 104 Å². The molecule has 1 saturated carbocycles. The number of aryl methyl sites for hydroxylation is 1. The highest BCUT2D eigenvalue weighted by molar-refractivity contribution is 5.60. The van der Waals surface area contributed by atoms with Crippen LogP contribution in [0.25, 0.3) is 11.3 Å². The monoisotopic (exact) mass is 435 g/mol. The van der Waals surface area contributed by atoms with Gasteiger partial charge < -0.3 is 4.74 Å². The lowest BCUT2D eigenvalue weighted by Gasteiger charge is -2.28. The summed E-state index contributed by atoms with van der Waals surface area (Å²) in [6, 6.07) is 12.8. The summed E-state index contributed by atoms with van der Waals surface area (Å²) in [5, 5.41) is 0. The number of benzene rings is 1. The third-order valence-electron chi connectivity index (χ3n) is 7.22. The number of ether oxygens (including phenoxy) is 1. The maximum Gasteiger partial charge on any atom is 0.119 e. The smallest absolute Gasteiger partial charge is 0.119 e. The first-order valence-electron chi connectivity index (χ1n) is 13.5. The second-order valence-electron chi connectivity index (χ2n) is 9.91. The molecule has 0 N–H and O–H groups in total. The fraction of sp³-hybridized carbons (Fsp3) is 0.633. The van der Waals surface area contributed by atoms with Crippen molar-refractivity contribution in [3.63, 3.8) is 0 Å². The first-order valence-corrected chi connectivity index (χ1v) is 13.5. The maximum absolute atomic E-state index is 5.68. The molecule has 0 atom stereocenters. The zero-order valence-corrected chi connectivity index (χ0v) is 20.7. The van der Waals surface area contributed by atoms with Gasteiger partial charge in [0, 0.05) is 11.8 Å². The Hall–Kier alpha value is -1.83. The van der Waals surface area contributed by atoms with Crippen molar-refractivity contribution in [2.75, 3.05) is 6.61 Å². The Morgan fingerprint density at radius 2 is 1.44 bits per heavy atom. The maximum atomic E-state index is 5.68. The van der Waals surface area contributed by atoms with E-state index >= 15 is 0 Å². The minimum Gasteiger partial charge on any atom is -0.494 e. The molecule has 176 valence electrons. The molecule has 1 aliphatic rings. The number of rotatable bonds is 14. The van der Waals surface area contributed by atoms with Crippen LogP contribution in [-0.2, 0) is 6.42 Å². The van der Waals surface area contributed by atoms with Gasteiger partial charge in [-0.05, 0) is 67.0 Å². The van der Waals surface area contributed by atoms with E-state index in [2.05, 4.69) is 44.3 Å². The van der Waals surface area contributed by atoms with Gasteiger partial charge in [-0.3, -0.25) is 4.98 Å². The highest BCUT2D eigenvalue weighted by atomic mass is 16.5. The molecule has 1 heterocycles. The summed E-state index contributed by atoms with van der Waals surface area (Å²) in [6.45, 7) is 5.20. The van der Waals surface area contributed by atoms with Crippen LogP contribution in [-0.4, -0.2) is 11.6 Å². The topological polar surface area (TPSA) is 22.1 Å². The summed E-state index contributed by atoms with van der Waals surface area (Å²) in [7, 11) is 0. The van der Waals surface area contributed by atoms with Crippen molar-refractivity contribution in [2.24, 2.45) is 11.8 Å². The Morgan fingerprint density at radius 1 is 0.750 bits per heavy atom. The Morgan fingerprint density at radius 3 is 2.09 bits per heavy atom. The van der Waals surface area contributed by atoms with Gasteiger partial charge in [0.2, 0.25) is 0 Å². The molecule has 32 heavy (non-hydrogen) atoms. The Bertz CT molecular complexity index is 728. The summed E-state index contributed by atoms with van der Waals surface area (Å²) in [4.78, 5) is 4.74. The molecule has 0 amide bonds. The van der Waals surface area contributed by atoms with E-state index < -0.39 is 0 Å². The van der Waals surface area contributed by atoms with Crippen molar-refractivity contribution in [3.8, 4) is 17.0 Å². The Balaban J connectivity index is 1.33.